The first-order chi connectivity index (χ1) is 5.13. The quantitative estimate of drug-likeness (QED) is 0.576. The summed E-state index contributed by atoms with van der Waals surface area (Å²) < 4.78 is 0. The molecule has 0 spiro atoms. The molecule has 0 bridgehead atoms. The van der Waals surface area contributed by atoms with Crippen molar-refractivity contribution in [3.63, 3.8) is 0 Å². The molecule has 1 nitrogen and oxygen atoms in total. The zero-order valence-corrected chi connectivity index (χ0v) is 8.54. The van der Waals surface area contributed by atoms with Crippen molar-refractivity contribution in [2.75, 3.05) is 11.5 Å². The lowest BCUT2D eigenvalue weighted by atomic mass is 10.2. The third-order valence-electron chi connectivity index (χ3n) is 1.44. The van der Waals surface area contributed by atoms with Gasteiger partial charge in [-0.25, -0.2) is 0 Å². The summed E-state index contributed by atoms with van der Waals surface area (Å²) in [4.78, 5) is 10.5. The third kappa shape index (κ3) is 10.0. The Morgan fingerprint density at radius 3 is 2.45 bits per heavy atom. The molecule has 0 aliphatic carbocycles. The molecule has 0 aromatic heterocycles. The Morgan fingerprint density at radius 2 is 2.00 bits per heavy atom. The van der Waals surface area contributed by atoms with E-state index in [0.717, 1.165) is 18.1 Å². The van der Waals surface area contributed by atoms with Crippen LogP contribution in [0, 0.1) is 5.92 Å². The van der Waals surface area contributed by atoms with Gasteiger partial charge in [0, 0.05) is 12.2 Å². The molecule has 0 rings (SSSR count). The van der Waals surface area contributed by atoms with Gasteiger partial charge in [0.25, 0.3) is 0 Å². The molecular weight excluding hydrogens is 156 g/mol. The summed E-state index contributed by atoms with van der Waals surface area (Å²) in [6.07, 6.45) is 2.01. The molecule has 2 heteroatoms. The Bertz CT molecular complexity index is 110. The summed E-state index contributed by atoms with van der Waals surface area (Å²) in [6, 6.07) is 0. The van der Waals surface area contributed by atoms with Gasteiger partial charge in [-0.1, -0.05) is 13.8 Å². The Labute approximate surface area is 73.9 Å². The molecule has 0 radical (unpaired) electrons. The van der Waals surface area contributed by atoms with Crippen molar-refractivity contribution in [3.05, 3.63) is 0 Å². The summed E-state index contributed by atoms with van der Waals surface area (Å²) in [5, 5.41) is 0. The van der Waals surface area contributed by atoms with Gasteiger partial charge in [-0.2, -0.15) is 11.8 Å². The van der Waals surface area contributed by atoms with Crippen LogP contribution in [0.4, 0.5) is 0 Å². The topological polar surface area (TPSA) is 17.1 Å². The Morgan fingerprint density at radius 1 is 1.36 bits per heavy atom. The second-order valence-corrected chi connectivity index (χ2v) is 4.47. The summed E-state index contributed by atoms with van der Waals surface area (Å²) in [6.45, 7) is 6.11. The average Bonchev–Trinajstić information content (AvgIpc) is 1.85. The molecule has 0 heterocycles. The smallest absolute Gasteiger partial charge is 0.130 e. The number of hydrogen-bond acceptors (Lipinski definition) is 2. The van der Waals surface area contributed by atoms with Crippen molar-refractivity contribution in [3.8, 4) is 0 Å². The highest BCUT2D eigenvalue weighted by Crippen LogP contribution is 2.09. The van der Waals surface area contributed by atoms with E-state index in [1.54, 1.807) is 6.92 Å². The van der Waals surface area contributed by atoms with Crippen molar-refractivity contribution >= 4 is 17.5 Å². The molecule has 0 aliphatic rings. The number of hydrogen-bond donors (Lipinski definition) is 0. The highest BCUT2D eigenvalue weighted by molar-refractivity contribution is 7.99. The van der Waals surface area contributed by atoms with Gasteiger partial charge in [0.05, 0.1) is 0 Å². The van der Waals surface area contributed by atoms with Crippen LogP contribution in [-0.4, -0.2) is 17.3 Å². The first-order valence-electron chi connectivity index (χ1n) is 4.20. The average molecular weight is 174 g/mol. The minimum absolute atomic E-state index is 0.307. The van der Waals surface area contributed by atoms with Crippen molar-refractivity contribution in [1.82, 2.24) is 0 Å². The van der Waals surface area contributed by atoms with Gasteiger partial charge in [0.15, 0.2) is 0 Å². The molecule has 0 aliphatic heterocycles. The van der Waals surface area contributed by atoms with Gasteiger partial charge in [0.2, 0.25) is 0 Å². The van der Waals surface area contributed by atoms with Crippen LogP contribution in [0.1, 0.15) is 33.6 Å². The maximum atomic E-state index is 10.5. The Kier molecular flexibility index (Phi) is 6.73. The maximum Gasteiger partial charge on any atom is 0.130 e. The number of carbonyl (C=O) groups is 1. The molecule has 0 unspecified atom stereocenters. The van der Waals surface area contributed by atoms with Crippen molar-refractivity contribution in [2.24, 2.45) is 5.92 Å². The predicted octanol–water partition coefficient (Wildman–Crippen LogP) is 2.74. The third-order valence-corrected chi connectivity index (χ3v) is 2.46. The van der Waals surface area contributed by atoms with E-state index >= 15 is 0 Å². The molecule has 0 amide bonds. The fourth-order valence-corrected chi connectivity index (χ4v) is 1.91. The van der Waals surface area contributed by atoms with Gasteiger partial charge in [0.1, 0.15) is 5.78 Å². The minimum atomic E-state index is 0.307. The number of ketones is 1. The summed E-state index contributed by atoms with van der Waals surface area (Å²) in [5.74, 6) is 3.30. The van der Waals surface area contributed by atoms with Gasteiger partial charge < -0.3 is 0 Å². The fourth-order valence-electron chi connectivity index (χ4n) is 0.637. The zero-order chi connectivity index (χ0) is 8.69. The van der Waals surface area contributed by atoms with E-state index in [2.05, 4.69) is 13.8 Å². The lowest BCUT2D eigenvalue weighted by Crippen LogP contribution is -1.94. The monoisotopic (exact) mass is 174 g/mol. The number of Topliss-reactive ketones (excluding diaryl/α,β-unsaturated/α-hetero) is 1. The van der Waals surface area contributed by atoms with E-state index in [9.17, 15) is 4.79 Å². The first-order valence-corrected chi connectivity index (χ1v) is 5.35. The molecule has 0 N–H and O–H groups in total. The van der Waals surface area contributed by atoms with Crippen LogP contribution < -0.4 is 0 Å². The van der Waals surface area contributed by atoms with Crippen molar-refractivity contribution in [2.45, 2.75) is 33.6 Å². The van der Waals surface area contributed by atoms with Crippen LogP contribution in [0.15, 0.2) is 0 Å². The van der Waals surface area contributed by atoms with E-state index in [4.69, 9.17) is 0 Å². The van der Waals surface area contributed by atoms with Gasteiger partial charge in [-0.05, 0) is 25.0 Å². The van der Waals surface area contributed by atoms with Gasteiger partial charge >= 0.3 is 0 Å². The highest BCUT2D eigenvalue weighted by atomic mass is 32.2. The summed E-state index contributed by atoms with van der Waals surface area (Å²) in [7, 11) is 0. The number of rotatable bonds is 6. The van der Waals surface area contributed by atoms with Crippen LogP contribution in [-0.2, 0) is 4.79 Å². The number of thioether (sulfide) groups is 1. The highest BCUT2D eigenvalue weighted by Gasteiger charge is 1.95. The second kappa shape index (κ2) is 6.71. The molecule has 0 saturated heterocycles. The standard InChI is InChI=1S/C9H18OS/c1-8(2)4-6-11-7-5-9(3)10/h8H,4-7H2,1-3H3. The fraction of sp³-hybridized carbons (Fsp3) is 0.889. The lowest BCUT2D eigenvalue weighted by Gasteiger charge is -2.02. The molecule has 0 fully saturated rings. The van der Waals surface area contributed by atoms with Gasteiger partial charge in [-0.3, -0.25) is 4.79 Å². The normalized spacial score (nSPS) is 10.5. The van der Waals surface area contributed by atoms with Crippen LogP contribution in [0.5, 0.6) is 0 Å². The molecule has 11 heavy (non-hydrogen) atoms. The summed E-state index contributed by atoms with van der Waals surface area (Å²) in [5.41, 5.74) is 0. The van der Waals surface area contributed by atoms with Crippen molar-refractivity contribution in [1.29, 1.82) is 0 Å². The van der Waals surface area contributed by atoms with Gasteiger partial charge in [-0.15, -0.1) is 0 Å². The number of carbonyl (C=O) groups excluding carboxylic acids is 1. The van der Waals surface area contributed by atoms with Crippen molar-refractivity contribution < 1.29 is 4.79 Å². The van der Waals surface area contributed by atoms with Crippen LogP contribution in [0.3, 0.4) is 0 Å². The first kappa shape index (κ1) is 11.0. The van der Waals surface area contributed by atoms with Crippen LogP contribution >= 0.6 is 11.8 Å². The molecule has 0 atom stereocenters. The predicted molar refractivity (Wildman–Crippen MR) is 52.1 cm³/mol. The lowest BCUT2D eigenvalue weighted by molar-refractivity contribution is -0.116. The molecule has 66 valence electrons. The Balaban J connectivity index is 2.97. The van der Waals surface area contributed by atoms with E-state index in [1.165, 1.54) is 12.2 Å². The zero-order valence-electron chi connectivity index (χ0n) is 7.72. The molecular formula is C9H18OS. The van der Waals surface area contributed by atoms with E-state index < -0.39 is 0 Å². The van der Waals surface area contributed by atoms with Crippen LogP contribution in [0.25, 0.3) is 0 Å². The van der Waals surface area contributed by atoms with E-state index in [1.807, 2.05) is 11.8 Å². The minimum Gasteiger partial charge on any atom is -0.300 e. The molecule has 0 aromatic carbocycles. The largest absolute Gasteiger partial charge is 0.300 e. The molecule has 0 saturated carbocycles. The summed E-state index contributed by atoms with van der Waals surface area (Å²) >= 11 is 1.89. The SMILES string of the molecule is CC(=O)CCSCCC(C)C. The molecule has 0 aromatic rings. The van der Waals surface area contributed by atoms with E-state index in [-0.39, 0.29) is 0 Å². The second-order valence-electron chi connectivity index (χ2n) is 3.25. The van der Waals surface area contributed by atoms with E-state index in [0.29, 0.717) is 5.78 Å². The maximum absolute atomic E-state index is 10.5. The van der Waals surface area contributed by atoms with Crippen LogP contribution in [0.2, 0.25) is 0 Å². The Hall–Kier alpha value is 0.0200.